The number of carbonyl (C=O) groups excluding carboxylic acids is 3. The second-order valence-electron chi connectivity index (χ2n) is 16.8. The summed E-state index contributed by atoms with van der Waals surface area (Å²) in [5.41, 5.74) is 11.0. The lowest BCUT2D eigenvalue weighted by Gasteiger charge is -2.37. The molecule has 4 aliphatic rings. The SMILES string of the molecule is COC(=O)C1(N)CCc2ccc(OC)cc2C1.COC(=O)C1(NC(=O)c2cccc(C)c2OC2CCC2)CCc2ccc(OC)cc2C1.Cc1cccc(C(=O)O)c1OC1CCC1.Cl. The molecule has 4 aromatic carbocycles. The molecule has 344 valence electrons. The van der Waals surface area contributed by atoms with E-state index in [9.17, 15) is 19.2 Å². The monoisotopic (exact) mass is 900 g/mol. The number of aromatic carboxylic acids is 1. The van der Waals surface area contributed by atoms with Gasteiger partial charge in [0.15, 0.2) is 0 Å². The van der Waals surface area contributed by atoms with E-state index < -0.39 is 23.0 Å². The smallest absolute Gasteiger partial charge is 0.339 e. The van der Waals surface area contributed by atoms with Gasteiger partial charge in [0.2, 0.25) is 0 Å². The summed E-state index contributed by atoms with van der Waals surface area (Å²) in [4.78, 5) is 49.0. The van der Waals surface area contributed by atoms with E-state index in [2.05, 4.69) is 5.32 Å². The zero-order valence-corrected chi connectivity index (χ0v) is 38.4. The third-order valence-electron chi connectivity index (χ3n) is 12.6. The number of aryl methyl sites for hydroxylation is 4. The number of halogens is 1. The molecular weight excluding hydrogens is 840 g/mol. The van der Waals surface area contributed by atoms with Gasteiger partial charge in [-0.05, 0) is 148 Å². The zero-order chi connectivity index (χ0) is 45.3. The maximum Gasteiger partial charge on any atom is 0.339 e. The number of hydrogen-bond donors (Lipinski definition) is 3. The first-order valence-electron chi connectivity index (χ1n) is 21.6. The van der Waals surface area contributed by atoms with E-state index in [4.69, 9.17) is 39.3 Å². The van der Waals surface area contributed by atoms with Crippen LogP contribution in [0.15, 0.2) is 72.8 Å². The third kappa shape index (κ3) is 11.3. The number of carbonyl (C=O) groups is 4. The van der Waals surface area contributed by atoms with Crippen LogP contribution in [0.1, 0.15) is 105 Å². The quantitative estimate of drug-likeness (QED) is 0.124. The molecule has 4 aromatic rings. The van der Waals surface area contributed by atoms with Crippen molar-refractivity contribution in [3.05, 3.63) is 117 Å². The molecule has 0 spiro atoms. The minimum Gasteiger partial charge on any atom is -0.497 e. The van der Waals surface area contributed by atoms with Gasteiger partial charge in [0.05, 0.1) is 46.2 Å². The van der Waals surface area contributed by atoms with Crippen LogP contribution in [0.3, 0.4) is 0 Å². The molecule has 64 heavy (non-hydrogen) atoms. The van der Waals surface area contributed by atoms with Crippen molar-refractivity contribution in [2.75, 3.05) is 28.4 Å². The standard InChI is InChI=1S/C25H29NO5.C13H17NO3.C12H14O3.ClH/c1-16-6-4-9-21(22(16)31-19-7-5-8-19)23(27)26-25(24(28)30-3)13-12-17-10-11-20(29-2)14-18(17)15-25;1-16-11-4-3-9-5-6-13(14,12(15)17-2)8-10(9)7-11;1-8-4-2-7-10(12(13)14)11(8)15-9-5-3-6-9;/h4,6,9-11,14,19H,5,7-8,12-13,15H2,1-3H3,(H,26,27);3-4,7H,5-6,8,14H2,1-2H3;2,4,7,9H,3,5-6H2,1H3,(H,13,14);1H. The summed E-state index contributed by atoms with van der Waals surface area (Å²) in [6, 6.07) is 22.5. The highest BCUT2D eigenvalue weighted by atomic mass is 35.5. The van der Waals surface area contributed by atoms with Gasteiger partial charge in [0.1, 0.15) is 39.6 Å². The Morgan fingerprint density at radius 1 is 0.641 bits per heavy atom. The summed E-state index contributed by atoms with van der Waals surface area (Å²) in [5.74, 6) is 0.618. The lowest BCUT2D eigenvalue weighted by atomic mass is 9.77. The summed E-state index contributed by atoms with van der Waals surface area (Å²) in [6.45, 7) is 3.81. The zero-order valence-electron chi connectivity index (χ0n) is 37.6. The topological polar surface area (TPSA) is 182 Å². The van der Waals surface area contributed by atoms with E-state index in [0.29, 0.717) is 49.2 Å². The number of nitrogens with two attached hydrogens (primary N) is 1. The Kier molecular flexibility index (Phi) is 16.7. The van der Waals surface area contributed by atoms with Gasteiger partial charge in [0, 0.05) is 12.8 Å². The summed E-state index contributed by atoms with van der Waals surface area (Å²) in [7, 11) is 5.97. The molecule has 0 radical (unpaired) electrons. The average Bonchev–Trinajstić information content (AvgIpc) is 3.25. The predicted molar refractivity (Wildman–Crippen MR) is 244 cm³/mol. The third-order valence-corrected chi connectivity index (χ3v) is 12.6. The first-order valence-corrected chi connectivity index (χ1v) is 21.6. The molecule has 2 atom stereocenters. The van der Waals surface area contributed by atoms with Crippen LogP contribution in [0.2, 0.25) is 0 Å². The van der Waals surface area contributed by atoms with Crippen molar-refractivity contribution in [2.45, 2.75) is 114 Å². The Bertz CT molecular complexity index is 2310. The van der Waals surface area contributed by atoms with Gasteiger partial charge in [-0.25, -0.2) is 9.59 Å². The Balaban J connectivity index is 0.000000197. The van der Waals surface area contributed by atoms with Gasteiger partial charge in [0.25, 0.3) is 5.91 Å². The van der Waals surface area contributed by atoms with Crippen LogP contribution in [-0.2, 0) is 44.7 Å². The van der Waals surface area contributed by atoms with E-state index in [-0.39, 0.29) is 42.1 Å². The van der Waals surface area contributed by atoms with Crippen molar-refractivity contribution in [1.82, 2.24) is 5.32 Å². The molecule has 0 heterocycles. The molecule has 4 N–H and O–H groups in total. The maximum atomic E-state index is 13.4. The van der Waals surface area contributed by atoms with Gasteiger partial charge in [-0.2, -0.15) is 0 Å². The van der Waals surface area contributed by atoms with Crippen molar-refractivity contribution in [3.8, 4) is 23.0 Å². The molecule has 2 unspecified atom stereocenters. The molecule has 14 heteroatoms. The van der Waals surface area contributed by atoms with Crippen LogP contribution in [0.5, 0.6) is 23.0 Å². The van der Waals surface area contributed by atoms with Crippen LogP contribution in [-0.4, -0.2) is 80.6 Å². The van der Waals surface area contributed by atoms with Crippen LogP contribution < -0.4 is 30.0 Å². The van der Waals surface area contributed by atoms with Gasteiger partial charge in [-0.3, -0.25) is 9.59 Å². The number of carboxylic acids is 1. The van der Waals surface area contributed by atoms with Gasteiger partial charge in [-0.1, -0.05) is 36.4 Å². The molecule has 4 aliphatic carbocycles. The van der Waals surface area contributed by atoms with E-state index >= 15 is 0 Å². The molecular formula is C50H61ClN2O11. The fourth-order valence-corrected chi connectivity index (χ4v) is 8.29. The molecule has 0 aromatic heterocycles. The number of esters is 2. The largest absolute Gasteiger partial charge is 0.497 e. The maximum absolute atomic E-state index is 13.4. The normalized spacial score (nSPS) is 19.5. The minimum absolute atomic E-state index is 0. The highest BCUT2D eigenvalue weighted by Gasteiger charge is 2.45. The Morgan fingerprint density at radius 2 is 1.12 bits per heavy atom. The molecule has 13 nitrogen and oxygen atoms in total. The highest BCUT2D eigenvalue weighted by molar-refractivity contribution is 6.01. The van der Waals surface area contributed by atoms with Crippen LogP contribution in [0.25, 0.3) is 0 Å². The molecule has 0 aliphatic heterocycles. The van der Waals surface area contributed by atoms with Crippen LogP contribution >= 0.6 is 12.4 Å². The van der Waals surface area contributed by atoms with Gasteiger partial charge < -0.3 is 44.6 Å². The number of para-hydroxylation sites is 2. The summed E-state index contributed by atoms with van der Waals surface area (Å²) < 4.78 is 32.3. The van der Waals surface area contributed by atoms with E-state index in [1.807, 2.05) is 68.4 Å². The van der Waals surface area contributed by atoms with Crippen molar-refractivity contribution in [3.63, 3.8) is 0 Å². The molecule has 1 amide bonds. The van der Waals surface area contributed by atoms with Crippen molar-refractivity contribution >= 4 is 36.2 Å². The summed E-state index contributed by atoms with van der Waals surface area (Å²) >= 11 is 0. The van der Waals surface area contributed by atoms with E-state index in [1.54, 1.807) is 32.4 Å². The number of carboxylic acid groups (broad SMARTS) is 1. The lowest BCUT2D eigenvalue weighted by molar-refractivity contribution is -0.149. The van der Waals surface area contributed by atoms with E-state index in [0.717, 1.165) is 77.8 Å². The first-order chi connectivity index (χ1) is 30.2. The fourth-order valence-electron chi connectivity index (χ4n) is 8.29. The van der Waals surface area contributed by atoms with Crippen molar-refractivity contribution in [2.24, 2.45) is 5.73 Å². The second kappa shape index (κ2) is 21.7. The number of rotatable bonds is 11. The van der Waals surface area contributed by atoms with Crippen molar-refractivity contribution < 1.29 is 52.7 Å². The van der Waals surface area contributed by atoms with Gasteiger partial charge in [-0.15, -0.1) is 12.4 Å². The number of ether oxygens (including phenoxy) is 6. The number of amides is 1. The number of nitrogens with one attached hydrogen (secondary N) is 1. The number of benzene rings is 4. The molecule has 2 saturated carbocycles. The summed E-state index contributed by atoms with van der Waals surface area (Å²) in [6.07, 6.45) is 10.2. The van der Waals surface area contributed by atoms with E-state index in [1.165, 1.54) is 26.2 Å². The fraction of sp³-hybridized carbons (Fsp3) is 0.440. The van der Waals surface area contributed by atoms with Gasteiger partial charge >= 0.3 is 17.9 Å². The second-order valence-corrected chi connectivity index (χ2v) is 16.8. The van der Waals surface area contributed by atoms with Crippen molar-refractivity contribution in [1.29, 1.82) is 0 Å². The number of fused-ring (bicyclic) bond motifs is 2. The Labute approximate surface area is 381 Å². The average molecular weight is 901 g/mol. The Hall–Kier alpha value is -5.79. The minimum atomic E-state index is -1.14. The molecule has 0 bridgehead atoms. The molecule has 8 rings (SSSR count). The first kappa shape index (κ1) is 49.2. The molecule has 0 saturated heterocycles. The number of methoxy groups -OCH3 is 4. The number of hydrogen-bond acceptors (Lipinski definition) is 11. The predicted octanol–water partition coefficient (Wildman–Crippen LogP) is 7.87. The lowest BCUT2D eigenvalue weighted by Crippen LogP contribution is -2.58. The molecule has 2 fully saturated rings. The van der Waals surface area contributed by atoms with Crippen LogP contribution in [0.4, 0.5) is 0 Å². The highest BCUT2D eigenvalue weighted by Crippen LogP contribution is 2.36. The Morgan fingerprint density at radius 3 is 1.59 bits per heavy atom. The van der Waals surface area contributed by atoms with Crippen LogP contribution in [0, 0.1) is 13.8 Å². The summed E-state index contributed by atoms with van der Waals surface area (Å²) in [5, 5.41) is 12.0.